The van der Waals surface area contributed by atoms with Crippen molar-refractivity contribution in [1.82, 2.24) is 5.32 Å². The van der Waals surface area contributed by atoms with E-state index in [-0.39, 0.29) is 18.5 Å². The average molecular weight is 989 g/mol. The minimum Gasteiger partial charge on any atom is -0.466 e. The number of nitrogens with one attached hydrogen (secondary N) is 1. The predicted octanol–water partition coefficient (Wildman–Crippen LogP) is 20.0. The third-order valence-corrected chi connectivity index (χ3v) is 15.1. The van der Waals surface area contributed by atoms with Crippen molar-refractivity contribution >= 4 is 11.9 Å². The molecule has 0 saturated heterocycles. The Morgan fingerprint density at radius 2 is 0.671 bits per heavy atom. The molecule has 0 saturated carbocycles. The maximum absolute atomic E-state index is 12.5. The molecular weight excluding hydrogens is 863 g/mol. The van der Waals surface area contributed by atoms with Crippen molar-refractivity contribution in [2.75, 3.05) is 13.2 Å². The van der Waals surface area contributed by atoms with Crippen LogP contribution in [0.4, 0.5) is 0 Å². The van der Waals surface area contributed by atoms with Crippen LogP contribution in [0.5, 0.6) is 0 Å². The molecule has 0 spiro atoms. The topological polar surface area (TPSA) is 95.9 Å². The zero-order valence-electron chi connectivity index (χ0n) is 47.5. The Hall–Kier alpha value is -1.40. The van der Waals surface area contributed by atoms with Gasteiger partial charge in [-0.1, -0.05) is 309 Å². The van der Waals surface area contributed by atoms with Crippen LogP contribution in [0.2, 0.25) is 0 Å². The second-order valence-corrected chi connectivity index (χ2v) is 22.1. The fourth-order valence-electron chi connectivity index (χ4n) is 10.2. The number of carbonyl (C=O) groups is 2. The van der Waals surface area contributed by atoms with Crippen molar-refractivity contribution in [1.29, 1.82) is 0 Å². The minimum absolute atomic E-state index is 0.00134. The van der Waals surface area contributed by atoms with Gasteiger partial charge in [-0.3, -0.25) is 9.59 Å². The van der Waals surface area contributed by atoms with Gasteiger partial charge in [0.2, 0.25) is 5.91 Å². The number of carbonyl (C=O) groups excluding carboxylic acids is 2. The first-order chi connectivity index (χ1) is 34.5. The van der Waals surface area contributed by atoms with Crippen molar-refractivity contribution in [2.45, 2.75) is 373 Å². The largest absolute Gasteiger partial charge is 0.466 e. The smallest absolute Gasteiger partial charge is 0.305 e. The molecule has 0 aliphatic carbocycles. The molecule has 0 aliphatic heterocycles. The summed E-state index contributed by atoms with van der Waals surface area (Å²) in [6.07, 6.45) is 72.2. The maximum atomic E-state index is 12.5. The number of unbranched alkanes of at least 4 members (excludes halogenated alkanes) is 47. The van der Waals surface area contributed by atoms with Gasteiger partial charge in [-0.2, -0.15) is 0 Å². The molecule has 416 valence electrons. The van der Waals surface area contributed by atoms with Crippen LogP contribution in [-0.2, 0) is 14.3 Å². The highest BCUT2D eigenvalue weighted by molar-refractivity contribution is 5.76. The van der Waals surface area contributed by atoms with E-state index in [0.29, 0.717) is 25.9 Å². The van der Waals surface area contributed by atoms with E-state index in [1.165, 1.54) is 283 Å². The highest BCUT2D eigenvalue weighted by atomic mass is 16.5. The van der Waals surface area contributed by atoms with E-state index < -0.39 is 12.1 Å². The van der Waals surface area contributed by atoms with Gasteiger partial charge in [-0.25, -0.2) is 0 Å². The Kier molecular flexibility index (Phi) is 59.0. The summed E-state index contributed by atoms with van der Waals surface area (Å²) in [6, 6.07) is -0.548. The van der Waals surface area contributed by atoms with E-state index in [0.717, 1.165) is 44.9 Å². The van der Waals surface area contributed by atoms with Gasteiger partial charge >= 0.3 is 5.97 Å². The van der Waals surface area contributed by atoms with E-state index in [2.05, 4.69) is 31.3 Å². The van der Waals surface area contributed by atoms with Crippen LogP contribution in [0.25, 0.3) is 0 Å². The van der Waals surface area contributed by atoms with E-state index in [1.807, 2.05) is 0 Å². The van der Waals surface area contributed by atoms with Crippen LogP contribution in [0.3, 0.4) is 0 Å². The Labute approximate surface area is 438 Å². The number of aliphatic hydroxyl groups excluding tert-OH is 2. The SMILES string of the molecule is CCCCCCCC/C=C\CCCCCCCCCC(=O)OCCCCCCCCCCCCCCCCCC(=O)NC(CO)C(O)CCCCCCCCCCCCCCCCCCCCCCC. The minimum atomic E-state index is -0.671. The second kappa shape index (κ2) is 60.2. The fraction of sp³-hybridized carbons (Fsp3) is 0.938. The molecule has 70 heavy (non-hydrogen) atoms. The molecule has 0 rings (SSSR count). The predicted molar refractivity (Wildman–Crippen MR) is 306 cm³/mol. The Bertz CT molecular complexity index is 1050. The van der Waals surface area contributed by atoms with Gasteiger partial charge in [-0.05, 0) is 51.4 Å². The van der Waals surface area contributed by atoms with Gasteiger partial charge in [0, 0.05) is 12.8 Å². The van der Waals surface area contributed by atoms with Crippen LogP contribution in [-0.4, -0.2) is 47.4 Å². The van der Waals surface area contributed by atoms with Gasteiger partial charge in [-0.15, -0.1) is 0 Å². The van der Waals surface area contributed by atoms with E-state index in [9.17, 15) is 19.8 Å². The molecular formula is C64H125NO5. The molecule has 0 heterocycles. The lowest BCUT2D eigenvalue weighted by atomic mass is 10.0. The lowest BCUT2D eigenvalue weighted by Gasteiger charge is -2.22. The van der Waals surface area contributed by atoms with Crippen molar-refractivity contribution < 1.29 is 24.5 Å². The molecule has 0 aromatic carbocycles. The Morgan fingerprint density at radius 3 is 1.01 bits per heavy atom. The van der Waals surface area contributed by atoms with Crippen LogP contribution in [0, 0.1) is 0 Å². The van der Waals surface area contributed by atoms with Crippen molar-refractivity contribution in [2.24, 2.45) is 0 Å². The molecule has 0 fully saturated rings. The third-order valence-electron chi connectivity index (χ3n) is 15.1. The molecule has 3 N–H and O–H groups in total. The zero-order chi connectivity index (χ0) is 50.7. The lowest BCUT2D eigenvalue weighted by Crippen LogP contribution is -2.45. The summed E-state index contributed by atoms with van der Waals surface area (Å²) < 4.78 is 5.49. The molecule has 0 aromatic rings. The normalized spacial score (nSPS) is 12.6. The van der Waals surface area contributed by atoms with Gasteiger partial charge < -0.3 is 20.3 Å². The first-order valence-corrected chi connectivity index (χ1v) is 31.9. The van der Waals surface area contributed by atoms with Crippen molar-refractivity contribution in [3.05, 3.63) is 12.2 Å². The summed E-state index contributed by atoms with van der Waals surface area (Å²) in [5, 5.41) is 23.4. The lowest BCUT2D eigenvalue weighted by molar-refractivity contribution is -0.143. The average Bonchev–Trinajstić information content (AvgIpc) is 3.36. The molecule has 1 amide bonds. The third kappa shape index (κ3) is 55.9. The van der Waals surface area contributed by atoms with E-state index >= 15 is 0 Å². The number of amides is 1. The molecule has 2 atom stereocenters. The van der Waals surface area contributed by atoms with Crippen LogP contribution < -0.4 is 5.32 Å². The number of allylic oxidation sites excluding steroid dienone is 2. The second-order valence-electron chi connectivity index (χ2n) is 22.1. The molecule has 0 bridgehead atoms. The fourth-order valence-corrected chi connectivity index (χ4v) is 10.2. The van der Waals surface area contributed by atoms with E-state index in [4.69, 9.17) is 4.74 Å². The van der Waals surface area contributed by atoms with E-state index in [1.54, 1.807) is 0 Å². The standard InChI is InChI=1S/C64H125NO5/c1-3-5-7-9-11-13-15-17-19-21-22-23-24-26-28-32-36-40-44-48-52-56-62(67)61(60-66)65-63(68)57-53-49-45-41-37-33-29-27-31-35-39-43-47-51-55-59-70-64(69)58-54-50-46-42-38-34-30-25-20-18-16-14-12-10-8-6-4-2/h18,20,61-62,66-67H,3-17,19,21-60H2,1-2H3,(H,65,68)/b20-18-. The van der Waals surface area contributed by atoms with Gasteiger partial charge in [0.05, 0.1) is 25.4 Å². The van der Waals surface area contributed by atoms with Crippen molar-refractivity contribution in [3.8, 4) is 0 Å². The van der Waals surface area contributed by atoms with Gasteiger partial charge in [0.1, 0.15) is 0 Å². The van der Waals surface area contributed by atoms with Crippen LogP contribution >= 0.6 is 0 Å². The molecule has 0 radical (unpaired) electrons. The highest BCUT2D eigenvalue weighted by Crippen LogP contribution is 2.18. The van der Waals surface area contributed by atoms with Gasteiger partial charge in [0.15, 0.2) is 0 Å². The molecule has 2 unspecified atom stereocenters. The first kappa shape index (κ1) is 68.6. The Morgan fingerprint density at radius 1 is 0.386 bits per heavy atom. The molecule has 6 heteroatoms. The Balaban J connectivity index is 3.41. The number of hydrogen-bond donors (Lipinski definition) is 3. The maximum Gasteiger partial charge on any atom is 0.305 e. The summed E-state index contributed by atoms with van der Waals surface area (Å²) in [5.74, 6) is -0.0408. The van der Waals surface area contributed by atoms with Crippen LogP contribution in [0.1, 0.15) is 361 Å². The van der Waals surface area contributed by atoms with Crippen molar-refractivity contribution in [3.63, 3.8) is 0 Å². The summed E-state index contributed by atoms with van der Waals surface area (Å²) in [4.78, 5) is 24.6. The molecule has 6 nitrogen and oxygen atoms in total. The van der Waals surface area contributed by atoms with Crippen LogP contribution in [0.15, 0.2) is 12.2 Å². The number of hydrogen-bond acceptors (Lipinski definition) is 5. The quantitative estimate of drug-likeness (QED) is 0.0321. The molecule has 0 aromatic heterocycles. The van der Waals surface area contributed by atoms with Gasteiger partial charge in [0.25, 0.3) is 0 Å². The monoisotopic (exact) mass is 988 g/mol. The number of rotatable bonds is 60. The first-order valence-electron chi connectivity index (χ1n) is 31.9. The summed E-state index contributed by atoms with van der Waals surface area (Å²) >= 11 is 0. The summed E-state index contributed by atoms with van der Waals surface area (Å²) in [7, 11) is 0. The highest BCUT2D eigenvalue weighted by Gasteiger charge is 2.20. The number of aliphatic hydroxyl groups is 2. The summed E-state index contributed by atoms with van der Waals surface area (Å²) in [6.45, 7) is 4.96. The molecule has 0 aliphatic rings. The summed E-state index contributed by atoms with van der Waals surface area (Å²) in [5.41, 5.74) is 0. The zero-order valence-corrected chi connectivity index (χ0v) is 47.5. The number of esters is 1. The number of ether oxygens (including phenoxy) is 1.